The third-order valence-corrected chi connectivity index (χ3v) is 13.1. The minimum atomic E-state index is -4.73. The van der Waals surface area contributed by atoms with Crippen molar-refractivity contribution in [3.63, 3.8) is 0 Å². The van der Waals surface area contributed by atoms with Crippen molar-refractivity contribution in [2.24, 2.45) is 0 Å². The predicted octanol–water partition coefficient (Wildman–Crippen LogP) is 4.21. The van der Waals surface area contributed by atoms with Gasteiger partial charge < -0.3 is 35.8 Å². The van der Waals surface area contributed by atoms with Gasteiger partial charge in [-0.25, -0.2) is 52.6 Å². The molecule has 61 heavy (non-hydrogen) atoms. The lowest BCUT2D eigenvalue weighted by Gasteiger charge is -2.33. The standard InChI is InChI=1S/C38H37F7N4O10S2/c39-22-7-4-17(37(53)46-20-12-24(41)34(44)25(42)13-20)10-32(22)60(55,56)48-19-6-9-30(29(51)15-19)59-31-16-21(14-26(43)35(31)45)47-38(54)18-5-8-23(40)33(11-18)61(57,58)49-27-2-1-3-28(50)36(27)52/h4-5,7-8,10-14,16,19,27-30,36-37,46,48-53H,1-3,6,9,15H2,(H,47,54). The van der Waals surface area contributed by atoms with Crippen LogP contribution in [-0.2, 0) is 20.0 Å². The SMILES string of the molecule is O=C(Nc1cc(F)c(F)c(OC2CCC(NS(=O)(=O)c3cc(C(O)Nc4cc(F)c(F)c(F)c4)ccc3F)CC2O)c1)c1ccc(F)c(S(=O)(=O)NC2CCCC(O)C2O)c1. The van der Waals surface area contributed by atoms with E-state index in [1.54, 1.807) is 0 Å². The Balaban J connectivity index is 1.09. The fourth-order valence-electron chi connectivity index (χ4n) is 6.91. The molecule has 0 aromatic heterocycles. The van der Waals surface area contributed by atoms with Crippen molar-refractivity contribution < 1.29 is 77.5 Å². The highest BCUT2D eigenvalue weighted by atomic mass is 32.2. The Morgan fingerprint density at radius 1 is 0.672 bits per heavy atom. The van der Waals surface area contributed by atoms with E-state index < -0.39 is 142 Å². The summed E-state index contributed by atoms with van der Waals surface area (Å²) in [5.74, 6) is -12.4. The molecule has 0 radical (unpaired) electrons. The highest BCUT2D eigenvalue weighted by Gasteiger charge is 2.36. The molecule has 4 aromatic carbocycles. The van der Waals surface area contributed by atoms with E-state index >= 15 is 0 Å². The Morgan fingerprint density at radius 2 is 1.28 bits per heavy atom. The van der Waals surface area contributed by atoms with Gasteiger partial charge in [0.2, 0.25) is 25.9 Å². The van der Waals surface area contributed by atoms with Gasteiger partial charge in [-0.3, -0.25) is 4.79 Å². The van der Waals surface area contributed by atoms with Crippen molar-refractivity contribution >= 4 is 37.3 Å². The first-order chi connectivity index (χ1) is 28.6. The van der Waals surface area contributed by atoms with Gasteiger partial charge in [0.15, 0.2) is 35.2 Å². The average molecular weight is 907 g/mol. The zero-order valence-electron chi connectivity index (χ0n) is 31.3. The highest BCUT2D eigenvalue weighted by molar-refractivity contribution is 7.89. The molecule has 0 spiro atoms. The van der Waals surface area contributed by atoms with Gasteiger partial charge in [-0.1, -0.05) is 6.07 Å². The molecule has 2 saturated carbocycles. The summed E-state index contributed by atoms with van der Waals surface area (Å²) >= 11 is 0. The Hall–Kier alpha value is -4.88. The normalized spacial score (nSPS) is 22.7. The lowest BCUT2D eigenvalue weighted by molar-refractivity contribution is -0.0242. The Kier molecular flexibility index (Phi) is 13.6. The molecule has 0 saturated heterocycles. The quantitative estimate of drug-likeness (QED) is 0.0540. The van der Waals surface area contributed by atoms with E-state index in [0.717, 1.165) is 24.3 Å². The Labute approximate surface area is 343 Å². The fourth-order valence-corrected chi connectivity index (χ4v) is 9.69. The van der Waals surface area contributed by atoms with Crippen molar-refractivity contribution in [3.8, 4) is 5.75 Å². The van der Waals surface area contributed by atoms with Crippen LogP contribution in [0.1, 0.15) is 60.7 Å². The summed E-state index contributed by atoms with van der Waals surface area (Å²) in [6.45, 7) is 0. The number of rotatable bonds is 13. The van der Waals surface area contributed by atoms with Crippen LogP contribution in [0.2, 0.25) is 0 Å². The molecule has 2 fully saturated rings. The second-order valence-corrected chi connectivity index (χ2v) is 17.8. The van der Waals surface area contributed by atoms with Crippen LogP contribution in [-0.4, -0.2) is 79.7 Å². The average Bonchev–Trinajstić information content (AvgIpc) is 3.18. The number of amides is 1. The predicted molar refractivity (Wildman–Crippen MR) is 200 cm³/mol. The summed E-state index contributed by atoms with van der Waals surface area (Å²) in [5, 5.41) is 45.9. The first kappa shape index (κ1) is 45.6. The number of carbonyl (C=O) groups is 1. The van der Waals surface area contributed by atoms with E-state index in [0.29, 0.717) is 42.8 Å². The van der Waals surface area contributed by atoms with Crippen LogP contribution in [0, 0.1) is 40.7 Å². The molecule has 330 valence electrons. The van der Waals surface area contributed by atoms with Crippen LogP contribution in [0.5, 0.6) is 5.75 Å². The molecule has 14 nitrogen and oxygen atoms in total. The minimum absolute atomic E-state index is 0.0976. The largest absolute Gasteiger partial charge is 0.484 e. The van der Waals surface area contributed by atoms with Crippen LogP contribution in [0.3, 0.4) is 0 Å². The molecule has 23 heteroatoms. The third kappa shape index (κ3) is 10.4. The molecule has 0 aliphatic heterocycles. The first-order valence-corrected chi connectivity index (χ1v) is 21.3. The van der Waals surface area contributed by atoms with Crippen molar-refractivity contribution in [1.29, 1.82) is 0 Å². The molecule has 0 bridgehead atoms. The molecule has 2 aliphatic rings. The lowest BCUT2D eigenvalue weighted by atomic mass is 9.91. The number of benzene rings is 4. The molecule has 4 aromatic rings. The van der Waals surface area contributed by atoms with Crippen LogP contribution >= 0.6 is 0 Å². The summed E-state index contributed by atoms with van der Waals surface area (Å²) in [6, 6.07) is 4.90. The van der Waals surface area contributed by atoms with Gasteiger partial charge in [0.05, 0.1) is 24.4 Å². The van der Waals surface area contributed by atoms with Crippen LogP contribution in [0.25, 0.3) is 0 Å². The second-order valence-electron chi connectivity index (χ2n) is 14.4. The van der Waals surface area contributed by atoms with Gasteiger partial charge >= 0.3 is 0 Å². The number of halogens is 7. The highest BCUT2D eigenvalue weighted by Crippen LogP contribution is 2.32. The molecule has 6 rings (SSSR count). The molecule has 1 amide bonds. The lowest BCUT2D eigenvalue weighted by Crippen LogP contribution is -2.51. The Bertz CT molecular complexity index is 2520. The summed E-state index contributed by atoms with van der Waals surface area (Å²) < 4.78 is 162. The number of aliphatic hydroxyl groups is 4. The summed E-state index contributed by atoms with van der Waals surface area (Å²) in [5.41, 5.74) is -1.56. The molecular formula is C38H37F7N4O10S2. The van der Waals surface area contributed by atoms with Crippen molar-refractivity contribution in [1.82, 2.24) is 9.44 Å². The molecular weight excluding hydrogens is 870 g/mol. The van der Waals surface area contributed by atoms with Gasteiger partial charge in [0.1, 0.15) is 27.5 Å². The van der Waals surface area contributed by atoms with Gasteiger partial charge in [0, 0.05) is 52.8 Å². The number of hydrogen-bond acceptors (Lipinski definition) is 11. The van der Waals surface area contributed by atoms with Gasteiger partial charge in [-0.05, 0) is 68.9 Å². The maximum absolute atomic E-state index is 14.9. The molecule has 0 heterocycles. The maximum Gasteiger partial charge on any atom is 0.255 e. The third-order valence-electron chi connectivity index (χ3n) is 10.1. The maximum atomic E-state index is 14.9. The van der Waals surface area contributed by atoms with Crippen LogP contribution in [0.15, 0.2) is 70.5 Å². The number of aliphatic hydroxyl groups excluding tert-OH is 4. The van der Waals surface area contributed by atoms with E-state index in [4.69, 9.17) is 4.74 Å². The monoisotopic (exact) mass is 906 g/mol. The molecule has 7 atom stereocenters. The number of sulfonamides is 2. The van der Waals surface area contributed by atoms with Gasteiger partial charge in [-0.2, -0.15) is 4.39 Å². The zero-order valence-corrected chi connectivity index (χ0v) is 32.9. The van der Waals surface area contributed by atoms with E-state index in [1.807, 2.05) is 0 Å². The van der Waals surface area contributed by atoms with Crippen LogP contribution < -0.4 is 24.8 Å². The van der Waals surface area contributed by atoms with Crippen molar-refractivity contribution in [2.75, 3.05) is 10.6 Å². The van der Waals surface area contributed by atoms with Crippen molar-refractivity contribution in [2.45, 2.75) is 91.0 Å². The van der Waals surface area contributed by atoms with Gasteiger partial charge in [0.25, 0.3) is 5.91 Å². The number of nitrogens with one attached hydrogen (secondary N) is 4. The van der Waals surface area contributed by atoms with Gasteiger partial charge in [-0.15, -0.1) is 0 Å². The molecule has 7 unspecified atom stereocenters. The van der Waals surface area contributed by atoms with E-state index in [9.17, 15) is 72.8 Å². The Morgan fingerprint density at radius 3 is 1.95 bits per heavy atom. The van der Waals surface area contributed by atoms with Crippen LogP contribution in [0.4, 0.5) is 42.1 Å². The topological polar surface area (TPSA) is 224 Å². The van der Waals surface area contributed by atoms with E-state index in [2.05, 4.69) is 20.1 Å². The molecule has 2 aliphatic carbocycles. The van der Waals surface area contributed by atoms with E-state index in [1.165, 1.54) is 0 Å². The second kappa shape index (κ2) is 18.2. The molecule has 8 N–H and O–H groups in total. The number of hydrogen-bond donors (Lipinski definition) is 8. The summed E-state index contributed by atoms with van der Waals surface area (Å²) in [7, 11) is -9.42. The summed E-state index contributed by atoms with van der Waals surface area (Å²) in [4.78, 5) is 11.2. The van der Waals surface area contributed by atoms with Crippen molar-refractivity contribution in [3.05, 3.63) is 113 Å². The number of ether oxygens (including phenoxy) is 1. The summed E-state index contributed by atoms with van der Waals surface area (Å²) in [6.07, 6.45) is -7.29. The first-order valence-electron chi connectivity index (χ1n) is 18.4. The zero-order chi connectivity index (χ0) is 44.6. The van der Waals surface area contributed by atoms with E-state index in [-0.39, 0.29) is 37.7 Å². The fraction of sp³-hybridized carbons (Fsp3) is 0.342. The smallest absolute Gasteiger partial charge is 0.255 e. The number of anilines is 2. The minimum Gasteiger partial charge on any atom is -0.484 e. The number of carbonyl (C=O) groups excluding carboxylic acids is 1.